The van der Waals surface area contributed by atoms with Crippen molar-refractivity contribution in [2.75, 3.05) is 44.4 Å². The highest BCUT2D eigenvalue weighted by atomic mass is 35.5. The van der Waals surface area contributed by atoms with E-state index in [1.54, 1.807) is 58.3 Å². The Balaban J connectivity index is 0.00000380. The van der Waals surface area contributed by atoms with Crippen LogP contribution in [0.3, 0.4) is 0 Å². The van der Waals surface area contributed by atoms with Gasteiger partial charge in [-0.05, 0) is 41.8 Å². The molecule has 2 amide bonds. The van der Waals surface area contributed by atoms with Crippen molar-refractivity contribution in [3.63, 3.8) is 0 Å². The number of carbonyl (C=O) groups is 3. The second-order valence-electron chi connectivity index (χ2n) is 8.52. The van der Waals surface area contributed by atoms with Crippen molar-refractivity contribution in [2.24, 2.45) is 5.73 Å². The lowest BCUT2D eigenvalue weighted by Crippen LogP contribution is -2.42. The zero-order valence-corrected chi connectivity index (χ0v) is 21.0. The molecule has 4 N–H and O–H groups in total. The van der Waals surface area contributed by atoms with Gasteiger partial charge in [-0.1, -0.05) is 24.3 Å². The molecule has 10 nitrogen and oxygen atoms in total. The Morgan fingerprint density at radius 1 is 1.05 bits per heavy atom. The largest absolute Gasteiger partial charge is 0.485 e. The van der Waals surface area contributed by atoms with Crippen molar-refractivity contribution in [1.82, 2.24) is 4.90 Å². The molecule has 37 heavy (non-hydrogen) atoms. The van der Waals surface area contributed by atoms with Crippen LogP contribution < -0.4 is 10.6 Å². The SMILES string of the molecule is Cl.N=C(N)c1ccc(N2CC(OCC(=O)N3CCOCC3)=C(c3ccc(CCC(=O)O)cc3)C2=O)cc1. The summed E-state index contributed by atoms with van der Waals surface area (Å²) in [6.45, 7) is 1.91. The van der Waals surface area contributed by atoms with E-state index in [9.17, 15) is 14.4 Å². The highest BCUT2D eigenvalue weighted by Gasteiger charge is 2.34. The Hall–Kier alpha value is -3.89. The molecule has 11 heteroatoms. The van der Waals surface area contributed by atoms with E-state index in [0.29, 0.717) is 60.9 Å². The summed E-state index contributed by atoms with van der Waals surface area (Å²) < 4.78 is 11.2. The molecule has 2 aromatic carbocycles. The van der Waals surface area contributed by atoms with Crippen LogP contribution in [0.25, 0.3) is 5.57 Å². The summed E-state index contributed by atoms with van der Waals surface area (Å²) in [5, 5.41) is 16.5. The first-order valence-electron chi connectivity index (χ1n) is 11.6. The summed E-state index contributed by atoms with van der Waals surface area (Å²) >= 11 is 0. The zero-order chi connectivity index (χ0) is 25.7. The van der Waals surface area contributed by atoms with Gasteiger partial charge in [0.25, 0.3) is 11.8 Å². The molecule has 0 radical (unpaired) electrons. The van der Waals surface area contributed by atoms with Crippen LogP contribution in [0.15, 0.2) is 54.3 Å². The number of anilines is 1. The molecular weight excluding hydrogens is 500 g/mol. The predicted molar refractivity (Wildman–Crippen MR) is 140 cm³/mol. The van der Waals surface area contributed by atoms with Gasteiger partial charge in [0.05, 0.1) is 25.3 Å². The Morgan fingerprint density at radius 3 is 2.30 bits per heavy atom. The van der Waals surface area contributed by atoms with Gasteiger partial charge < -0.3 is 30.1 Å². The van der Waals surface area contributed by atoms with Gasteiger partial charge in [-0.25, -0.2) is 0 Å². The average Bonchev–Trinajstić information content (AvgIpc) is 3.22. The maximum atomic E-state index is 13.5. The number of amidine groups is 1. The van der Waals surface area contributed by atoms with Crippen LogP contribution in [0.5, 0.6) is 0 Å². The van der Waals surface area contributed by atoms with E-state index >= 15 is 0 Å². The number of nitrogens with two attached hydrogens (primary N) is 1. The highest BCUT2D eigenvalue weighted by molar-refractivity contribution is 6.29. The number of benzene rings is 2. The van der Waals surface area contributed by atoms with Crippen LogP contribution in [0.4, 0.5) is 5.69 Å². The number of carboxylic acids is 1. The van der Waals surface area contributed by atoms with E-state index in [4.69, 9.17) is 25.7 Å². The minimum Gasteiger partial charge on any atom is -0.485 e. The second kappa shape index (κ2) is 12.4. The first-order chi connectivity index (χ1) is 17.3. The molecule has 0 aliphatic carbocycles. The molecule has 0 aromatic heterocycles. The van der Waals surface area contributed by atoms with Crippen molar-refractivity contribution in [2.45, 2.75) is 12.8 Å². The molecule has 0 atom stereocenters. The number of morpholine rings is 1. The van der Waals surface area contributed by atoms with E-state index in [1.165, 1.54) is 0 Å². The van der Waals surface area contributed by atoms with Gasteiger partial charge in [-0.3, -0.25) is 19.8 Å². The lowest BCUT2D eigenvalue weighted by atomic mass is 10.0. The summed E-state index contributed by atoms with van der Waals surface area (Å²) in [5.41, 5.74) is 8.51. The second-order valence-corrected chi connectivity index (χ2v) is 8.52. The highest BCUT2D eigenvalue weighted by Crippen LogP contribution is 2.33. The number of rotatable bonds is 9. The van der Waals surface area contributed by atoms with Crippen molar-refractivity contribution < 1.29 is 29.0 Å². The van der Waals surface area contributed by atoms with Crippen LogP contribution in [-0.4, -0.2) is 73.1 Å². The van der Waals surface area contributed by atoms with E-state index in [-0.39, 0.29) is 49.6 Å². The summed E-state index contributed by atoms with van der Waals surface area (Å²) in [7, 11) is 0. The van der Waals surface area contributed by atoms with E-state index in [2.05, 4.69) is 0 Å². The van der Waals surface area contributed by atoms with Gasteiger partial charge in [0.1, 0.15) is 11.6 Å². The van der Waals surface area contributed by atoms with Crippen molar-refractivity contribution in [3.8, 4) is 0 Å². The van der Waals surface area contributed by atoms with Gasteiger partial charge in [-0.15, -0.1) is 12.4 Å². The molecule has 0 bridgehead atoms. The Labute approximate surface area is 220 Å². The third-order valence-corrected chi connectivity index (χ3v) is 6.13. The number of aryl methyl sites for hydroxylation is 1. The van der Waals surface area contributed by atoms with E-state index in [0.717, 1.165) is 5.56 Å². The fourth-order valence-corrected chi connectivity index (χ4v) is 4.12. The quantitative estimate of drug-likeness (QED) is 0.333. The predicted octanol–water partition coefficient (Wildman–Crippen LogP) is 2.04. The van der Waals surface area contributed by atoms with E-state index in [1.807, 2.05) is 0 Å². The molecule has 0 saturated carbocycles. The van der Waals surface area contributed by atoms with Crippen molar-refractivity contribution in [1.29, 1.82) is 5.41 Å². The Bertz CT molecular complexity index is 1190. The molecule has 1 fully saturated rings. The number of nitrogens with one attached hydrogen (secondary N) is 1. The number of hydrogen-bond donors (Lipinski definition) is 3. The number of halogens is 1. The molecule has 0 unspecified atom stereocenters. The van der Waals surface area contributed by atoms with Crippen molar-refractivity contribution >= 4 is 47.3 Å². The summed E-state index contributed by atoms with van der Waals surface area (Å²) in [6.07, 6.45) is 0.400. The lowest BCUT2D eigenvalue weighted by molar-refractivity contribution is -0.139. The monoisotopic (exact) mass is 528 g/mol. The summed E-state index contributed by atoms with van der Waals surface area (Å²) in [6, 6.07) is 13.9. The van der Waals surface area contributed by atoms with Crippen LogP contribution in [0.2, 0.25) is 0 Å². The first-order valence-corrected chi connectivity index (χ1v) is 11.6. The molecule has 196 valence electrons. The third kappa shape index (κ3) is 6.66. The van der Waals surface area contributed by atoms with E-state index < -0.39 is 5.97 Å². The Kier molecular flexibility index (Phi) is 9.26. The normalized spacial score (nSPS) is 15.4. The number of amides is 2. The fourth-order valence-electron chi connectivity index (χ4n) is 4.12. The maximum absolute atomic E-state index is 13.5. The topological polar surface area (TPSA) is 146 Å². The molecule has 1 saturated heterocycles. The summed E-state index contributed by atoms with van der Waals surface area (Å²) in [4.78, 5) is 40.3. The standard InChI is InChI=1S/C26H28N4O6.ClH/c27-25(28)19-6-8-20(9-7-19)30-15-21(36-16-22(31)29-11-13-35-14-12-29)24(26(30)34)18-4-1-17(2-5-18)3-10-23(32)33;/h1-2,4-9H,3,10-16H2,(H3,27,28)(H,32,33);1H. The minimum absolute atomic E-state index is 0. The fraction of sp³-hybridized carbons (Fsp3) is 0.308. The van der Waals surface area contributed by atoms with Crippen molar-refractivity contribution in [3.05, 3.63) is 71.0 Å². The van der Waals surface area contributed by atoms with Gasteiger partial charge in [0, 0.05) is 30.8 Å². The van der Waals surface area contributed by atoms with Gasteiger partial charge in [0.15, 0.2) is 6.61 Å². The van der Waals surface area contributed by atoms with Gasteiger partial charge in [-0.2, -0.15) is 0 Å². The number of nitrogen functional groups attached to an aromatic ring is 1. The average molecular weight is 529 g/mol. The number of carboxylic acid groups (broad SMARTS) is 1. The number of nitrogens with zero attached hydrogens (tertiary/aromatic N) is 2. The molecule has 4 rings (SSSR count). The molecule has 2 aliphatic rings. The zero-order valence-electron chi connectivity index (χ0n) is 20.1. The number of aliphatic carboxylic acids is 1. The number of hydrogen-bond acceptors (Lipinski definition) is 6. The van der Waals surface area contributed by atoms with Crippen LogP contribution >= 0.6 is 12.4 Å². The molecule has 2 heterocycles. The van der Waals surface area contributed by atoms with Gasteiger partial charge in [0.2, 0.25) is 0 Å². The molecule has 0 spiro atoms. The van der Waals surface area contributed by atoms with Crippen LogP contribution in [-0.2, 0) is 30.3 Å². The maximum Gasteiger partial charge on any atom is 0.303 e. The van der Waals surface area contributed by atoms with Crippen LogP contribution in [0.1, 0.15) is 23.1 Å². The summed E-state index contributed by atoms with van der Waals surface area (Å²) in [5.74, 6) is -1.01. The minimum atomic E-state index is -0.875. The lowest BCUT2D eigenvalue weighted by Gasteiger charge is -2.26. The molecule has 2 aliphatic heterocycles. The Morgan fingerprint density at radius 2 is 1.70 bits per heavy atom. The number of ether oxygens (including phenoxy) is 2. The molecule has 2 aromatic rings. The first kappa shape index (κ1) is 27.7. The van der Waals surface area contributed by atoms with Crippen LogP contribution in [0, 0.1) is 5.41 Å². The van der Waals surface area contributed by atoms with Gasteiger partial charge >= 0.3 is 5.97 Å². The molecular formula is C26H29ClN4O6. The number of carbonyl (C=O) groups excluding carboxylic acids is 2. The smallest absolute Gasteiger partial charge is 0.303 e. The third-order valence-electron chi connectivity index (χ3n) is 6.13.